The molecular weight excluding hydrogens is 374 g/mol. The molecule has 26 heavy (non-hydrogen) atoms. The zero-order chi connectivity index (χ0) is 17.7. The molecule has 1 aromatic rings. The van der Waals surface area contributed by atoms with Gasteiger partial charge in [-0.3, -0.25) is 4.79 Å². The molecule has 1 heterocycles. The van der Waals surface area contributed by atoms with Crippen LogP contribution in [0.5, 0.6) is 0 Å². The van der Waals surface area contributed by atoms with Crippen molar-refractivity contribution in [1.29, 1.82) is 0 Å². The van der Waals surface area contributed by atoms with Gasteiger partial charge in [-0.15, -0.1) is 12.4 Å². The highest BCUT2D eigenvalue weighted by atomic mass is 35.5. The van der Waals surface area contributed by atoms with Crippen molar-refractivity contribution in [3.63, 3.8) is 0 Å². The van der Waals surface area contributed by atoms with Crippen LogP contribution in [0.1, 0.15) is 54.4 Å². The number of hydrogen-bond acceptors (Lipinski definition) is 4. The molecule has 1 aliphatic carbocycles. The summed E-state index contributed by atoms with van der Waals surface area (Å²) >= 11 is 0. The van der Waals surface area contributed by atoms with Gasteiger partial charge in [0.1, 0.15) is 0 Å². The Morgan fingerprint density at radius 2 is 1.81 bits per heavy atom. The number of sulfonamides is 1. The van der Waals surface area contributed by atoms with E-state index in [2.05, 4.69) is 15.4 Å². The highest BCUT2D eigenvalue weighted by molar-refractivity contribution is 7.89. The molecule has 3 N–H and O–H groups in total. The van der Waals surface area contributed by atoms with Crippen molar-refractivity contribution in [2.24, 2.45) is 0 Å². The normalized spacial score (nSPS) is 18.4. The van der Waals surface area contributed by atoms with Crippen LogP contribution >= 0.6 is 12.4 Å². The molecule has 3 rings (SSSR count). The SMILES string of the molecule is Cl.O=C1NCCc2ccc(S(=O)(=O)NCCNC3CCCCCC3)cc21. The largest absolute Gasteiger partial charge is 0.352 e. The van der Waals surface area contributed by atoms with Crippen molar-refractivity contribution in [3.05, 3.63) is 29.3 Å². The summed E-state index contributed by atoms with van der Waals surface area (Å²) in [4.78, 5) is 12.0. The Morgan fingerprint density at radius 1 is 1.08 bits per heavy atom. The van der Waals surface area contributed by atoms with Gasteiger partial charge in [0.15, 0.2) is 0 Å². The lowest BCUT2D eigenvalue weighted by Gasteiger charge is -2.18. The standard InChI is InChI=1S/C18H27N3O3S.ClH/c22-18-17-13-16(8-7-14(17)9-10-20-18)25(23,24)21-12-11-19-15-5-3-1-2-4-6-15;/h7-8,13,15,19,21H,1-6,9-12H2,(H,20,22);1H. The van der Waals surface area contributed by atoms with Crippen LogP contribution in [0.2, 0.25) is 0 Å². The molecular formula is C18H28ClN3O3S. The van der Waals surface area contributed by atoms with Crippen molar-refractivity contribution in [2.75, 3.05) is 19.6 Å². The minimum Gasteiger partial charge on any atom is -0.352 e. The molecule has 0 radical (unpaired) electrons. The van der Waals surface area contributed by atoms with Gasteiger partial charge in [-0.25, -0.2) is 13.1 Å². The lowest BCUT2D eigenvalue weighted by Crippen LogP contribution is -2.37. The predicted molar refractivity (Wildman–Crippen MR) is 104 cm³/mol. The summed E-state index contributed by atoms with van der Waals surface area (Å²) in [6.07, 6.45) is 8.19. The van der Waals surface area contributed by atoms with Crippen LogP contribution in [0, 0.1) is 0 Å². The van der Waals surface area contributed by atoms with Crippen molar-refractivity contribution >= 4 is 28.3 Å². The molecule has 0 spiro atoms. The molecule has 1 amide bonds. The summed E-state index contributed by atoms with van der Waals surface area (Å²) in [6.45, 7) is 1.57. The fraction of sp³-hybridized carbons (Fsp3) is 0.611. The minimum atomic E-state index is -3.60. The van der Waals surface area contributed by atoms with Gasteiger partial charge in [0.25, 0.3) is 5.91 Å². The molecule has 0 bridgehead atoms. The van der Waals surface area contributed by atoms with Crippen molar-refractivity contribution < 1.29 is 13.2 Å². The first-order valence-electron chi connectivity index (χ1n) is 9.20. The van der Waals surface area contributed by atoms with E-state index in [1.54, 1.807) is 12.1 Å². The number of halogens is 1. The molecule has 146 valence electrons. The highest BCUT2D eigenvalue weighted by Gasteiger charge is 2.21. The third-order valence-electron chi connectivity index (χ3n) is 5.02. The van der Waals surface area contributed by atoms with Crippen LogP contribution in [-0.2, 0) is 16.4 Å². The average Bonchev–Trinajstić information content (AvgIpc) is 2.88. The number of benzene rings is 1. The predicted octanol–water partition coefficient (Wildman–Crippen LogP) is 1.98. The molecule has 1 saturated carbocycles. The second kappa shape index (κ2) is 9.69. The zero-order valence-electron chi connectivity index (χ0n) is 14.9. The number of hydrogen-bond donors (Lipinski definition) is 3. The van der Waals surface area contributed by atoms with Gasteiger partial charge in [-0.2, -0.15) is 0 Å². The number of carbonyl (C=O) groups excluding carboxylic acids is 1. The van der Waals surface area contributed by atoms with Gasteiger partial charge in [-0.1, -0.05) is 31.7 Å². The molecule has 1 fully saturated rings. The number of nitrogens with one attached hydrogen (secondary N) is 3. The third kappa shape index (κ3) is 5.42. The maximum Gasteiger partial charge on any atom is 0.251 e. The molecule has 2 aliphatic rings. The van der Waals surface area contributed by atoms with Crippen LogP contribution in [0.4, 0.5) is 0 Å². The van der Waals surface area contributed by atoms with Crippen LogP contribution in [-0.4, -0.2) is 40.0 Å². The first-order valence-corrected chi connectivity index (χ1v) is 10.7. The second-order valence-corrected chi connectivity index (χ2v) is 8.63. The van der Waals surface area contributed by atoms with E-state index in [1.165, 1.54) is 44.6 Å². The van der Waals surface area contributed by atoms with E-state index in [9.17, 15) is 13.2 Å². The summed E-state index contributed by atoms with van der Waals surface area (Å²) in [5.74, 6) is -0.201. The zero-order valence-corrected chi connectivity index (χ0v) is 16.6. The topological polar surface area (TPSA) is 87.3 Å². The average molecular weight is 402 g/mol. The summed E-state index contributed by atoms with van der Waals surface area (Å²) in [6, 6.07) is 5.30. The molecule has 0 atom stereocenters. The molecule has 1 aromatic carbocycles. The Bertz CT molecular complexity index is 716. The smallest absolute Gasteiger partial charge is 0.251 e. The quantitative estimate of drug-likeness (QED) is 0.502. The second-order valence-electron chi connectivity index (χ2n) is 6.87. The van der Waals surface area contributed by atoms with Gasteiger partial charge < -0.3 is 10.6 Å². The van der Waals surface area contributed by atoms with E-state index in [0.29, 0.717) is 31.2 Å². The van der Waals surface area contributed by atoms with Gasteiger partial charge in [-0.05, 0) is 37.0 Å². The Balaban J connectivity index is 0.00000243. The summed E-state index contributed by atoms with van der Waals surface area (Å²) in [7, 11) is -3.60. The van der Waals surface area contributed by atoms with Gasteiger partial charge in [0.2, 0.25) is 10.0 Å². The van der Waals surface area contributed by atoms with Gasteiger partial charge in [0.05, 0.1) is 4.90 Å². The van der Waals surface area contributed by atoms with Crippen LogP contribution in [0.15, 0.2) is 23.1 Å². The molecule has 6 nitrogen and oxygen atoms in total. The lowest BCUT2D eigenvalue weighted by molar-refractivity contribution is 0.0945. The van der Waals surface area contributed by atoms with Crippen LogP contribution < -0.4 is 15.4 Å². The van der Waals surface area contributed by atoms with E-state index in [-0.39, 0.29) is 23.2 Å². The molecule has 1 aliphatic heterocycles. The van der Waals surface area contributed by atoms with E-state index >= 15 is 0 Å². The maximum absolute atomic E-state index is 12.5. The van der Waals surface area contributed by atoms with E-state index in [4.69, 9.17) is 0 Å². The fourth-order valence-electron chi connectivity index (χ4n) is 3.59. The third-order valence-corrected chi connectivity index (χ3v) is 6.48. The van der Waals surface area contributed by atoms with Crippen molar-refractivity contribution in [2.45, 2.75) is 55.9 Å². The Hall–Kier alpha value is -1.15. The number of amides is 1. The summed E-state index contributed by atoms with van der Waals surface area (Å²) in [5.41, 5.74) is 1.36. The number of carbonyl (C=O) groups is 1. The first kappa shape index (κ1) is 21.2. The highest BCUT2D eigenvalue weighted by Crippen LogP contribution is 2.19. The minimum absolute atomic E-state index is 0. The molecule has 0 unspecified atom stereocenters. The molecule has 0 saturated heterocycles. The van der Waals surface area contributed by atoms with Gasteiger partial charge in [0, 0.05) is 31.2 Å². The van der Waals surface area contributed by atoms with E-state index in [0.717, 1.165) is 12.0 Å². The Morgan fingerprint density at radius 3 is 2.54 bits per heavy atom. The van der Waals surface area contributed by atoms with E-state index < -0.39 is 10.0 Å². The molecule has 0 aromatic heterocycles. The monoisotopic (exact) mass is 401 g/mol. The van der Waals surface area contributed by atoms with Crippen LogP contribution in [0.3, 0.4) is 0 Å². The summed E-state index contributed by atoms with van der Waals surface area (Å²) < 4.78 is 27.6. The van der Waals surface area contributed by atoms with E-state index in [1.807, 2.05) is 0 Å². The van der Waals surface area contributed by atoms with Crippen LogP contribution in [0.25, 0.3) is 0 Å². The fourth-order valence-corrected chi connectivity index (χ4v) is 4.64. The summed E-state index contributed by atoms with van der Waals surface area (Å²) in [5, 5.41) is 6.20. The lowest BCUT2D eigenvalue weighted by atomic mass is 10.0. The first-order chi connectivity index (χ1) is 12.1. The Labute approximate surface area is 162 Å². The van der Waals surface area contributed by atoms with Crippen molar-refractivity contribution in [3.8, 4) is 0 Å². The molecule has 8 heteroatoms. The number of fused-ring (bicyclic) bond motifs is 1. The van der Waals surface area contributed by atoms with Crippen molar-refractivity contribution in [1.82, 2.24) is 15.4 Å². The van der Waals surface area contributed by atoms with Gasteiger partial charge >= 0.3 is 0 Å². The Kier molecular flexibility index (Phi) is 7.88. The maximum atomic E-state index is 12.5. The number of rotatable bonds is 6.